The van der Waals surface area contributed by atoms with E-state index in [1.807, 2.05) is 24.3 Å². The highest BCUT2D eigenvalue weighted by Crippen LogP contribution is 2.19. The normalized spacial score (nSPS) is 9.86. The molecule has 0 aromatic heterocycles. The van der Waals surface area contributed by atoms with Crippen LogP contribution in [0.1, 0.15) is 6.92 Å². The maximum Gasteiger partial charge on any atom is 0.216 e. The van der Waals surface area contributed by atoms with Gasteiger partial charge in [-0.2, -0.15) is 0 Å². The molecule has 0 saturated carbocycles. The standard InChI is InChI=1S/C10H12ClNOS/c1-8(13)12-6-7-14-10-4-2-9(11)3-5-10/h2-5H,6-7H2,1H3,(H,12,13). The summed E-state index contributed by atoms with van der Waals surface area (Å²) >= 11 is 7.45. The van der Waals surface area contributed by atoms with Crippen molar-refractivity contribution >= 4 is 29.3 Å². The molecule has 2 nitrogen and oxygen atoms in total. The summed E-state index contributed by atoms with van der Waals surface area (Å²) in [6.07, 6.45) is 0. The molecule has 0 aliphatic rings. The SMILES string of the molecule is CC(=O)NCCSc1ccc(Cl)cc1. The lowest BCUT2D eigenvalue weighted by atomic mass is 10.4. The lowest BCUT2D eigenvalue weighted by molar-refractivity contribution is -0.118. The second kappa shape index (κ2) is 5.94. The van der Waals surface area contributed by atoms with Crippen LogP contribution in [0.25, 0.3) is 0 Å². The second-order valence-electron chi connectivity index (χ2n) is 2.79. The number of halogens is 1. The highest BCUT2D eigenvalue weighted by molar-refractivity contribution is 7.99. The molecule has 1 aromatic carbocycles. The van der Waals surface area contributed by atoms with Gasteiger partial charge in [-0.25, -0.2) is 0 Å². The summed E-state index contributed by atoms with van der Waals surface area (Å²) in [5.41, 5.74) is 0. The largest absolute Gasteiger partial charge is 0.356 e. The first-order valence-corrected chi connectivity index (χ1v) is 5.67. The Labute approximate surface area is 93.0 Å². The van der Waals surface area contributed by atoms with Crippen LogP contribution in [0.5, 0.6) is 0 Å². The molecular formula is C10H12ClNOS. The van der Waals surface area contributed by atoms with Gasteiger partial charge in [0.1, 0.15) is 0 Å². The van der Waals surface area contributed by atoms with Gasteiger partial charge in [0.15, 0.2) is 0 Å². The van der Waals surface area contributed by atoms with Gasteiger partial charge in [0.05, 0.1) is 0 Å². The molecule has 0 aliphatic heterocycles. The number of carbonyl (C=O) groups excluding carboxylic acids is 1. The second-order valence-corrected chi connectivity index (χ2v) is 4.39. The number of nitrogens with one attached hydrogen (secondary N) is 1. The fraction of sp³-hybridized carbons (Fsp3) is 0.300. The lowest BCUT2D eigenvalue weighted by Crippen LogP contribution is -2.22. The van der Waals surface area contributed by atoms with Gasteiger partial charge in [-0.1, -0.05) is 11.6 Å². The maximum atomic E-state index is 10.6. The predicted molar refractivity (Wildman–Crippen MR) is 60.9 cm³/mol. The van der Waals surface area contributed by atoms with Crippen LogP contribution < -0.4 is 5.32 Å². The van der Waals surface area contributed by atoms with Gasteiger partial charge in [0.2, 0.25) is 5.91 Å². The molecule has 76 valence electrons. The summed E-state index contributed by atoms with van der Waals surface area (Å²) in [6, 6.07) is 7.67. The maximum absolute atomic E-state index is 10.6. The first-order chi connectivity index (χ1) is 6.68. The van der Waals surface area contributed by atoms with E-state index in [9.17, 15) is 4.79 Å². The topological polar surface area (TPSA) is 29.1 Å². The number of carbonyl (C=O) groups is 1. The zero-order chi connectivity index (χ0) is 10.4. The first-order valence-electron chi connectivity index (χ1n) is 4.31. The molecule has 0 aliphatic carbocycles. The number of rotatable bonds is 4. The van der Waals surface area contributed by atoms with Crippen molar-refractivity contribution in [1.82, 2.24) is 5.32 Å². The van der Waals surface area contributed by atoms with E-state index in [1.165, 1.54) is 11.8 Å². The van der Waals surface area contributed by atoms with Crippen molar-refractivity contribution in [3.8, 4) is 0 Å². The Kier molecular flexibility index (Phi) is 4.84. The highest BCUT2D eigenvalue weighted by atomic mass is 35.5. The van der Waals surface area contributed by atoms with E-state index in [4.69, 9.17) is 11.6 Å². The molecule has 0 atom stereocenters. The van der Waals surface area contributed by atoms with Gasteiger partial charge in [-0.3, -0.25) is 4.79 Å². The third-order valence-corrected chi connectivity index (χ3v) is 2.82. The third-order valence-electron chi connectivity index (χ3n) is 1.56. The molecule has 0 fully saturated rings. The Hall–Kier alpha value is -0.670. The Balaban J connectivity index is 2.25. The van der Waals surface area contributed by atoms with Crippen LogP contribution in [-0.2, 0) is 4.79 Å². The van der Waals surface area contributed by atoms with Crippen molar-refractivity contribution in [2.45, 2.75) is 11.8 Å². The van der Waals surface area contributed by atoms with Gasteiger partial charge in [-0.05, 0) is 24.3 Å². The average molecular weight is 230 g/mol. The van der Waals surface area contributed by atoms with Crippen molar-refractivity contribution in [3.05, 3.63) is 29.3 Å². The minimum absolute atomic E-state index is 0.0155. The van der Waals surface area contributed by atoms with Crippen LogP contribution in [0.3, 0.4) is 0 Å². The molecule has 0 saturated heterocycles. The van der Waals surface area contributed by atoms with Gasteiger partial charge in [0, 0.05) is 29.1 Å². The Bertz CT molecular complexity index is 299. The summed E-state index contributed by atoms with van der Waals surface area (Å²) in [5.74, 6) is 0.892. The Morgan fingerprint density at radius 2 is 2.07 bits per heavy atom. The van der Waals surface area contributed by atoms with Gasteiger partial charge >= 0.3 is 0 Å². The fourth-order valence-electron chi connectivity index (χ4n) is 0.927. The van der Waals surface area contributed by atoms with E-state index < -0.39 is 0 Å². The van der Waals surface area contributed by atoms with Crippen LogP contribution in [0.4, 0.5) is 0 Å². The van der Waals surface area contributed by atoms with Crippen LogP contribution >= 0.6 is 23.4 Å². The monoisotopic (exact) mass is 229 g/mol. The van der Waals surface area contributed by atoms with Crippen molar-refractivity contribution in [2.75, 3.05) is 12.3 Å². The van der Waals surface area contributed by atoms with E-state index in [2.05, 4.69) is 5.32 Å². The minimum Gasteiger partial charge on any atom is -0.356 e. The zero-order valence-corrected chi connectivity index (χ0v) is 9.49. The van der Waals surface area contributed by atoms with E-state index in [-0.39, 0.29) is 5.91 Å². The van der Waals surface area contributed by atoms with E-state index >= 15 is 0 Å². The number of benzene rings is 1. The van der Waals surface area contributed by atoms with Gasteiger partial charge < -0.3 is 5.32 Å². The number of hydrogen-bond donors (Lipinski definition) is 1. The van der Waals surface area contributed by atoms with Gasteiger partial charge in [-0.15, -0.1) is 11.8 Å². The van der Waals surface area contributed by atoms with Crippen LogP contribution in [0.2, 0.25) is 5.02 Å². The summed E-state index contributed by atoms with van der Waals surface area (Å²) in [4.78, 5) is 11.7. The fourth-order valence-corrected chi connectivity index (χ4v) is 1.82. The molecule has 1 amide bonds. The molecular weight excluding hydrogens is 218 g/mol. The first kappa shape index (κ1) is 11.4. The molecule has 1 N–H and O–H groups in total. The predicted octanol–water partition coefficient (Wildman–Crippen LogP) is 2.57. The molecule has 0 radical (unpaired) electrons. The van der Waals surface area contributed by atoms with Crippen molar-refractivity contribution in [2.24, 2.45) is 0 Å². The molecule has 14 heavy (non-hydrogen) atoms. The molecule has 1 rings (SSSR count). The van der Waals surface area contributed by atoms with Crippen LogP contribution in [-0.4, -0.2) is 18.2 Å². The number of hydrogen-bond acceptors (Lipinski definition) is 2. The number of thioether (sulfide) groups is 1. The summed E-state index contributed by atoms with van der Waals surface area (Å²) < 4.78 is 0. The molecule has 0 heterocycles. The molecule has 4 heteroatoms. The van der Waals surface area contributed by atoms with Crippen LogP contribution in [0.15, 0.2) is 29.2 Å². The molecule has 0 unspecified atom stereocenters. The molecule has 1 aromatic rings. The van der Waals surface area contributed by atoms with Gasteiger partial charge in [0.25, 0.3) is 0 Å². The Morgan fingerprint density at radius 1 is 1.43 bits per heavy atom. The molecule has 0 bridgehead atoms. The van der Waals surface area contributed by atoms with Crippen molar-refractivity contribution < 1.29 is 4.79 Å². The minimum atomic E-state index is 0.0155. The van der Waals surface area contributed by atoms with Crippen molar-refractivity contribution in [1.29, 1.82) is 0 Å². The number of amides is 1. The average Bonchev–Trinajstić information content (AvgIpc) is 2.15. The smallest absolute Gasteiger partial charge is 0.216 e. The van der Waals surface area contributed by atoms with Crippen LogP contribution in [0, 0.1) is 0 Å². The zero-order valence-electron chi connectivity index (χ0n) is 7.92. The summed E-state index contributed by atoms with van der Waals surface area (Å²) in [5, 5.41) is 3.49. The van der Waals surface area contributed by atoms with Crippen molar-refractivity contribution in [3.63, 3.8) is 0 Å². The summed E-state index contributed by atoms with van der Waals surface area (Å²) in [7, 11) is 0. The van der Waals surface area contributed by atoms with E-state index in [0.29, 0.717) is 6.54 Å². The molecule has 0 spiro atoms. The third kappa shape index (κ3) is 4.53. The van der Waals surface area contributed by atoms with E-state index in [0.717, 1.165) is 10.8 Å². The highest BCUT2D eigenvalue weighted by Gasteiger charge is 1.94. The summed E-state index contributed by atoms with van der Waals surface area (Å²) in [6.45, 7) is 2.22. The lowest BCUT2D eigenvalue weighted by Gasteiger charge is -2.02. The quantitative estimate of drug-likeness (QED) is 0.635. The van der Waals surface area contributed by atoms with E-state index in [1.54, 1.807) is 11.8 Å². The Morgan fingerprint density at radius 3 is 2.64 bits per heavy atom.